The molecule has 0 spiro atoms. The van der Waals surface area contributed by atoms with Gasteiger partial charge in [-0.1, -0.05) is 0 Å². The third-order valence-corrected chi connectivity index (χ3v) is 4.89. The summed E-state index contributed by atoms with van der Waals surface area (Å²) in [6.45, 7) is 1.61. The molecule has 7 heteroatoms. The normalized spacial score (nSPS) is 14.1. The largest absolute Gasteiger partial charge is 0.464 e. The van der Waals surface area contributed by atoms with Crippen molar-refractivity contribution in [2.75, 3.05) is 20.2 Å². The van der Waals surface area contributed by atoms with Crippen LogP contribution in [0.25, 0.3) is 22.3 Å². The van der Waals surface area contributed by atoms with Crippen LogP contribution < -0.4 is 0 Å². The van der Waals surface area contributed by atoms with Crippen LogP contribution in [0.5, 0.6) is 0 Å². The zero-order valence-electron chi connectivity index (χ0n) is 15.6. The first-order chi connectivity index (χ1) is 13.7. The standard InChI is InChI=1S/C21H20N4O3/c1-28-21(27)17-8-6-15(12-22-17)19-13-23-16-7-5-14(11-18(16)24-19)20(26)25-9-3-2-4-10-25/h5-8,11-13H,2-4,9-10H2,1H3. The minimum absolute atomic E-state index is 0.0397. The summed E-state index contributed by atoms with van der Waals surface area (Å²) in [7, 11) is 1.31. The minimum Gasteiger partial charge on any atom is -0.464 e. The van der Waals surface area contributed by atoms with Crippen LogP contribution in [0.1, 0.15) is 40.1 Å². The van der Waals surface area contributed by atoms with E-state index in [2.05, 4.69) is 19.7 Å². The Labute approximate surface area is 162 Å². The highest BCUT2D eigenvalue weighted by Crippen LogP contribution is 2.21. The number of rotatable bonds is 3. The second-order valence-electron chi connectivity index (χ2n) is 6.74. The van der Waals surface area contributed by atoms with Gasteiger partial charge >= 0.3 is 5.97 Å². The summed E-state index contributed by atoms with van der Waals surface area (Å²) in [5, 5.41) is 0. The fraction of sp³-hybridized carbons (Fsp3) is 0.286. The van der Waals surface area contributed by atoms with Crippen LogP contribution in [0, 0.1) is 0 Å². The number of aromatic nitrogens is 3. The predicted octanol–water partition coefficient (Wildman–Crippen LogP) is 3.10. The Morgan fingerprint density at radius 2 is 1.79 bits per heavy atom. The van der Waals surface area contributed by atoms with Gasteiger partial charge in [-0.15, -0.1) is 0 Å². The number of carbonyl (C=O) groups excluding carboxylic acids is 2. The van der Waals surface area contributed by atoms with E-state index in [4.69, 9.17) is 0 Å². The molecule has 1 saturated heterocycles. The molecule has 0 N–H and O–H groups in total. The molecule has 2 aromatic heterocycles. The minimum atomic E-state index is -0.489. The second kappa shape index (κ2) is 7.72. The van der Waals surface area contributed by atoms with E-state index in [0.717, 1.165) is 37.0 Å². The summed E-state index contributed by atoms with van der Waals surface area (Å²) < 4.78 is 4.66. The third kappa shape index (κ3) is 3.55. The maximum Gasteiger partial charge on any atom is 0.356 e. The van der Waals surface area contributed by atoms with Gasteiger partial charge in [0.25, 0.3) is 5.91 Å². The van der Waals surface area contributed by atoms with Gasteiger partial charge in [-0.3, -0.25) is 9.78 Å². The molecule has 3 aromatic rings. The monoisotopic (exact) mass is 376 g/mol. The number of benzene rings is 1. The van der Waals surface area contributed by atoms with Crippen molar-refractivity contribution in [3.63, 3.8) is 0 Å². The molecule has 0 saturated carbocycles. The van der Waals surface area contributed by atoms with Gasteiger partial charge in [0.15, 0.2) is 0 Å². The van der Waals surface area contributed by atoms with Crippen LogP contribution in [0.4, 0.5) is 0 Å². The molecule has 1 aromatic carbocycles. The van der Waals surface area contributed by atoms with Crippen molar-refractivity contribution in [3.05, 3.63) is 54.0 Å². The summed E-state index contributed by atoms with van der Waals surface area (Å²) in [5.41, 5.74) is 3.58. The quantitative estimate of drug-likeness (QED) is 0.653. The molecule has 0 aliphatic carbocycles. The molecule has 0 atom stereocenters. The van der Waals surface area contributed by atoms with Crippen LogP contribution in [0.15, 0.2) is 42.7 Å². The molecule has 1 amide bonds. The van der Waals surface area contributed by atoms with E-state index in [1.807, 2.05) is 11.0 Å². The number of methoxy groups -OCH3 is 1. The Kier molecular flexibility index (Phi) is 4.97. The van der Waals surface area contributed by atoms with E-state index in [0.29, 0.717) is 16.8 Å². The summed E-state index contributed by atoms with van der Waals surface area (Å²) >= 11 is 0. The van der Waals surface area contributed by atoms with E-state index < -0.39 is 5.97 Å². The van der Waals surface area contributed by atoms with Gasteiger partial charge in [-0.05, 0) is 49.6 Å². The zero-order chi connectivity index (χ0) is 19.5. The molecule has 7 nitrogen and oxygen atoms in total. The van der Waals surface area contributed by atoms with E-state index in [-0.39, 0.29) is 11.6 Å². The number of fused-ring (bicyclic) bond motifs is 1. The van der Waals surface area contributed by atoms with Crippen molar-refractivity contribution >= 4 is 22.9 Å². The van der Waals surface area contributed by atoms with Crippen LogP contribution >= 0.6 is 0 Å². The molecule has 1 aliphatic heterocycles. The van der Waals surface area contributed by atoms with Crippen molar-refractivity contribution < 1.29 is 14.3 Å². The summed E-state index contributed by atoms with van der Waals surface area (Å²) in [6, 6.07) is 8.75. The van der Waals surface area contributed by atoms with Crippen LogP contribution in [-0.4, -0.2) is 51.9 Å². The number of ether oxygens (including phenoxy) is 1. The molecular weight excluding hydrogens is 356 g/mol. The Morgan fingerprint density at radius 3 is 2.50 bits per heavy atom. The lowest BCUT2D eigenvalue weighted by molar-refractivity contribution is 0.0593. The van der Waals surface area contributed by atoms with Gasteiger partial charge in [0, 0.05) is 30.4 Å². The number of hydrogen-bond donors (Lipinski definition) is 0. The van der Waals surface area contributed by atoms with Gasteiger partial charge in [0.2, 0.25) is 0 Å². The molecule has 0 bridgehead atoms. The van der Waals surface area contributed by atoms with E-state index in [9.17, 15) is 9.59 Å². The molecule has 0 unspecified atom stereocenters. The van der Waals surface area contributed by atoms with Gasteiger partial charge in [-0.25, -0.2) is 14.8 Å². The topological polar surface area (TPSA) is 85.3 Å². The molecular formula is C21H20N4O3. The van der Waals surface area contributed by atoms with Gasteiger partial charge in [0.1, 0.15) is 5.69 Å². The number of hydrogen-bond acceptors (Lipinski definition) is 6. The number of likely N-dealkylation sites (tertiary alicyclic amines) is 1. The van der Waals surface area contributed by atoms with E-state index >= 15 is 0 Å². The second-order valence-corrected chi connectivity index (χ2v) is 6.74. The third-order valence-electron chi connectivity index (χ3n) is 4.89. The van der Waals surface area contributed by atoms with Crippen molar-refractivity contribution in [3.8, 4) is 11.3 Å². The maximum absolute atomic E-state index is 12.8. The van der Waals surface area contributed by atoms with Gasteiger partial charge in [0.05, 0.1) is 30.0 Å². The summed E-state index contributed by atoms with van der Waals surface area (Å²) in [5.74, 6) is -0.449. The number of esters is 1. The molecule has 4 rings (SSSR count). The number of carbonyl (C=O) groups is 2. The highest BCUT2D eigenvalue weighted by Gasteiger charge is 2.18. The average Bonchev–Trinajstić information content (AvgIpc) is 2.78. The lowest BCUT2D eigenvalue weighted by Crippen LogP contribution is -2.35. The first-order valence-corrected chi connectivity index (χ1v) is 9.26. The van der Waals surface area contributed by atoms with E-state index in [1.165, 1.54) is 13.5 Å². The average molecular weight is 376 g/mol. The molecule has 0 radical (unpaired) electrons. The van der Waals surface area contributed by atoms with Gasteiger partial charge < -0.3 is 9.64 Å². The molecule has 1 aliphatic rings. The molecule has 3 heterocycles. The predicted molar refractivity (Wildman–Crippen MR) is 104 cm³/mol. The van der Waals surface area contributed by atoms with Crippen LogP contribution in [0.2, 0.25) is 0 Å². The number of pyridine rings is 1. The van der Waals surface area contributed by atoms with Crippen LogP contribution in [-0.2, 0) is 4.74 Å². The fourth-order valence-corrected chi connectivity index (χ4v) is 3.33. The summed E-state index contributed by atoms with van der Waals surface area (Å²) in [4.78, 5) is 39.4. The Bertz CT molecular complexity index is 1030. The molecule has 1 fully saturated rings. The Balaban J connectivity index is 1.64. The number of nitrogens with zero attached hydrogens (tertiary/aromatic N) is 4. The lowest BCUT2D eigenvalue weighted by Gasteiger charge is -2.26. The van der Waals surface area contributed by atoms with E-state index in [1.54, 1.807) is 36.7 Å². The first kappa shape index (κ1) is 18.0. The summed E-state index contributed by atoms with van der Waals surface area (Å²) in [6.07, 6.45) is 6.50. The van der Waals surface area contributed by atoms with Gasteiger partial charge in [-0.2, -0.15) is 0 Å². The zero-order valence-corrected chi connectivity index (χ0v) is 15.6. The van der Waals surface area contributed by atoms with Crippen molar-refractivity contribution in [1.82, 2.24) is 19.9 Å². The molecule has 142 valence electrons. The van der Waals surface area contributed by atoms with Crippen LogP contribution in [0.3, 0.4) is 0 Å². The molecule has 28 heavy (non-hydrogen) atoms. The fourth-order valence-electron chi connectivity index (χ4n) is 3.33. The Hall–Kier alpha value is -3.35. The highest BCUT2D eigenvalue weighted by atomic mass is 16.5. The smallest absolute Gasteiger partial charge is 0.356 e. The first-order valence-electron chi connectivity index (χ1n) is 9.26. The SMILES string of the molecule is COC(=O)c1ccc(-c2cnc3ccc(C(=O)N4CCCCC4)cc3n2)cn1. The number of amides is 1. The van der Waals surface area contributed by atoms with Crippen molar-refractivity contribution in [2.45, 2.75) is 19.3 Å². The lowest BCUT2D eigenvalue weighted by atomic mass is 10.1. The maximum atomic E-state index is 12.8. The highest BCUT2D eigenvalue weighted by molar-refractivity contribution is 5.97. The Morgan fingerprint density at radius 1 is 0.964 bits per heavy atom. The number of piperidine rings is 1. The van der Waals surface area contributed by atoms with Crippen molar-refractivity contribution in [2.24, 2.45) is 0 Å². The van der Waals surface area contributed by atoms with Crippen molar-refractivity contribution in [1.29, 1.82) is 0 Å².